The highest BCUT2D eigenvalue weighted by Crippen LogP contribution is 2.46. The highest BCUT2D eigenvalue weighted by molar-refractivity contribution is 6.27. The van der Waals surface area contributed by atoms with Gasteiger partial charge in [-0.25, -0.2) is 15.0 Å². The lowest BCUT2D eigenvalue weighted by Gasteiger charge is -2.18. The van der Waals surface area contributed by atoms with Gasteiger partial charge >= 0.3 is 0 Å². The fourth-order valence-electron chi connectivity index (χ4n) is 9.82. The molecule has 0 bridgehead atoms. The molecular weight excluding hydrogens is 769 g/mol. The van der Waals surface area contributed by atoms with E-state index in [0.29, 0.717) is 17.5 Å². The van der Waals surface area contributed by atoms with Gasteiger partial charge in [0.2, 0.25) is 0 Å². The molecule has 4 aromatic heterocycles. The Morgan fingerprint density at radius 2 is 0.683 bits per heavy atom. The summed E-state index contributed by atoms with van der Waals surface area (Å²) in [5, 5.41) is 7.07. The second-order valence-electron chi connectivity index (χ2n) is 16.0. The summed E-state index contributed by atoms with van der Waals surface area (Å²) in [5.74, 6) is 1.82. The number of fused-ring (bicyclic) bond motifs is 10. The summed E-state index contributed by atoms with van der Waals surface area (Å²) in [5.41, 5.74) is 12.6. The van der Waals surface area contributed by atoms with Crippen LogP contribution in [0.3, 0.4) is 0 Å². The molecule has 13 aromatic rings. The van der Waals surface area contributed by atoms with Crippen LogP contribution in [0.5, 0.6) is 0 Å². The Morgan fingerprint density at radius 1 is 0.270 bits per heavy atom. The number of nitrogens with zero attached hydrogens (tertiary/aromatic N) is 6. The number of rotatable bonds is 6. The van der Waals surface area contributed by atoms with E-state index in [9.17, 15) is 0 Å². The smallest absolute Gasteiger partial charge is 0.166 e. The molecule has 0 unspecified atom stereocenters. The molecule has 0 saturated heterocycles. The Kier molecular flexibility index (Phi) is 7.80. The first-order valence-corrected chi connectivity index (χ1v) is 21.3. The van der Waals surface area contributed by atoms with E-state index in [0.717, 1.165) is 66.6 Å². The largest absolute Gasteiger partial charge is 0.309 e. The lowest BCUT2D eigenvalue weighted by Crippen LogP contribution is -2.06. The van der Waals surface area contributed by atoms with Crippen LogP contribution in [0, 0.1) is 0 Å². The Morgan fingerprint density at radius 3 is 1.24 bits per heavy atom. The molecule has 0 fully saturated rings. The third kappa shape index (κ3) is 5.35. The van der Waals surface area contributed by atoms with Gasteiger partial charge in [0.05, 0.1) is 38.8 Å². The van der Waals surface area contributed by atoms with Crippen molar-refractivity contribution < 1.29 is 0 Å². The highest BCUT2D eigenvalue weighted by atomic mass is 15.1. The van der Waals surface area contributed by atoms with E-state index in [-0.39, 0.29) is 0 Å². The molecule has 0 aliphatic rings. The van der Waals surface area contributed by atoms with Crippen LogP contribution in [-0.2, 0) is 0 Å². The summed E-state index contributed by atoms with van der Waals surface area (Å²) < 4.78 is 7.33. The molecule has 0 aliphatic carbocycles. The number of para-hydroxylation sites is 5. The van der Waals surface area contributed by atoms with E-state index in [1.165, 1.54) is 32.6 Å². The summed E-state index contributed by atoms with van der Waals surface area (Å²) in [6, 6.07) is 77.3. The molecule has 0 radical (unpaired) electrons. The quantitative estimate of drug-likeness (QED) is 0.168. The third-order valence-corrected chi connectivity index (χ3v) is 12.5. The van der Waals surface area contributed by atoms with Crippen LogP contribution in [0.25, 0.3) is 117 Å². The predicted molar refractivity (Wildman–Crippen MR) is 259 cm³/mol. The second-order valence-corrected chi connectivity index (χ2v) is 16.0. The number of benzene rings is 9. The minimum Gasteiger partial charge on any atom is -0.309 e. The molecule has 0 saturated carbocycles. The molecule has 0 aliphatic heterocycles. The second kappa shape index (κ2) is 14.0. The van der Waals surface area contributed by atoms with Gasteiger partial charge in [0.15, 0.2) is 17.5 Å². The molecule has 6 nitrogen and oxygen atoms in total. The predicted octanol–water partition coefficient (Wildman–Crippen LogP) is 14.2. The van der Waals surface area contributed by atoms with Crippen molar-refractivity contribution in [3.8, 4) is 51.2 Å². The molecule has 9 aromatic carbocycles. The fraction of sp³-hybridized carbons (Fsp3) is 0. The Hall–Kier alpha value is -8.61. The van der Waals surface area contributed by atoms with Crippen LogP contribution >= 0.6 is 0 Å². The van der Waals surface area contributed by atoms with Crippen LogP contribution in [0.1, 0.15) is 0 Å². The standard InChI is InChI=1S/C57H36N6/c1-5-19-37(20-6-1)55-58-56(38-21-7-2-8-22-38)60-57(59-55)46-34-33-44-42-28-14-17-31-48(42)62(40-25-11-4-12-26-40)53(44)54(46)63-49-32-18-15-29-45(49)51-50(63)36-35-43-41-27-13-16-30-47(41)61(52(43)51)39-23-9-3-10-24-39/h1-36H. The molecule has 0 N–H and O–H groups in total. The molecular formula is C57H36N6. The summed E-state index contributed by atoms with van der Waals surface area (Å²) >= 11 is 0. The molecule has 63 heavy (non-hydrogen) atoms. The van der Waals surface area contributed by atoms with E-state index in [4.69, 9.17) is 15.0 Å². The van der Waals surface area contributed by atoms with Gasteiger partial charge in [-0.1, -0.05) is 164 Å². The zero-order valence-electron chi connectivity index (χ0n) is 34.0. The first-order valence-electron chi connectivity index (χ1n) is 21.3. The summed E-state index contributed by atoms with van der Waals surface area (Å²) in [7, 11) is 0. The van der Waals surface area contributed by atoms with E-state index >= 15 is 0 Å². The molecule has 6 heteroatoms. The number of aromatic nitrogens is 6. The molecule has 0 amide bonds. The molecule has 4 heterocycles. The number of hydrogen-bond acceptors (Lipinski definition) is 3. The van der Waals surface area contributed by atoms with Crippen LogP contribution < -0.4 is 0 Å². The molecule has 294 valence electrons. The SMILES string of the molecule is c1ccc(-c2nc(-c3ccccc3)nc(-c3ccc4c5ccccc5n(-c5ccccc5)c4c3-n3c4ccccc4c4c3ccc3c5ccccc5n(-c5ccccc5)c34)n2)cc1. The van der Waals surface area contributed by atoms with Gasteiger partial charge in [0, 0.05) is 60.4 Å². The third-order valence-electron chi connectivity index (χ3n) is 12.5. The van der Waals surface area contributed by atoms with E-state index < -0.39 is 0 Å². The first-order chi connectivity index (χ1) is 31.3. The van der Waals surface area contributed by atoms with Gasteiger partial charge in [0.25, 0.3) is 0 Å². The highest BCUT2D eigenvalue weighted by Gasteiger charge is 2.27. The number of hydrogen-bond donors (Lipinski definition) is 0. The van der Waals surface area contributed by atoms with E-state index in [2.05, 4.69) is 196 Å². The Bertz CT molecular complexity index is 3830. The average molecular weight is 805 g/mol. The summed E-state index contributed by atoms with van der Waals surface area (Å²) in [6.45, 7) is 0. The topological polar surface area (TPSA) is 53.5 Å². The van der Waals surface area contributed by atoms with Gasteiger partial charge in [-0.3, -0.25) is 0 Å². The van der Waals surface area contributed by atoms with Gasteiger partial charge < -0.3 is 13.7 Å². The van der Waals surface area contributed by atoms with Gasteiger partial charge in [0.1, 0.15) is 0 Å². The molecule has 0 atom stereocenters. The maximum atomic E-state index is 5.38. The van der Waals surface area contributed by atoms with Crippen LogP contribution in [0.15, 0.2) is 218 Å². The Balaban J connectivity index is 1.24. The maximum absolute atomic E-state index is 5.38. The van der Waals surface area contributed by atoms with Crippen molar-refractivity contribution in [3.05, 3.63) is 218 Å². The van der Waals surface area contributed by atoms with Crippen LogP contribution in [-0.4, -0.2) is 28.7 Å². The summed E-state index contributed by atoms with van der Waals surface area (Å²) in [6.07, 6.45) is 0. The monoisotopic (exact) mass is 804 g/mol. The minimum absolute atomic E-state index is 0.592. The van der Waals surface area contributed by atoms with Gasteiger partial charge in [-0.2, -0.15) is 0 Å². The first kappa shape index (κ1) is 35.2. The van der Waals surface area contributed by atoms with Crippen molar-refractivity contribution in [2.24, 2.45) is 0 Å². The zero-order valence-corrected chi connectivity index (χ0v) is 34.0. The lowest BCUT2D eigenvalue weighted by atomic mass is 10.1. The average Bonchev–Trinajstić information content (AvgIpc) is 4.00. The zero-order chi connectivity index (χ0) is 41.4. The fourth-order valence-corrected chi connectivity index (χ4v) is 9.82. The van der Waals surface area contributed by atoms with Gasteiger partial charge in [-0.05, 0) is 54.6 Å². The van der Waals surface area contributed by atoms with Crippen molar-refractivity contribution >= 4 is 65.4 Å². The minimum atomic E-state index is 0.592. The van der Waals surface area contributed by atoms with Crippen molar-refractivity contribution in [2.45, 2.75) is 0 Å². The van der Waals surface area contributed by atoms with Crippen molar-refractivity contribution in [1.29, 1.82) is 0 Å². The lowest BCUT2D eigenvalue weighted by molar-refractivity contribution is 1.06. The van der Waals surface area contributed by atoms with Crippen molar-refractivity contribution in [3.63, 3.8) is 0 Å². The van der Waals surface area contributed by atoms with Crippen molar-refractivity contribution in [2.75, 3.05) is 0 Å². The van der Waals surface area contributed by atoms with E-state index in [1.807, 2.05) is 36.4 Å². The maximum Gasteiger partial charge on any atom is 0.166 e. The van der Waals surface area contributed by atoms with Gasteiger partial charge in [-0.15, -0.1) is 0 Å². The normalized spacial score (nSPS) is 11.8. The molecule has 13 rings (SSSR count). The van der Waals surface area contributed by atoms with Crippen molar-refractivity contribution in [1.82, 2.24) is 28.7 Å². The Labute approximate surface area is 362 Å². The van der Waals surface area contributed by atoms with E-state index in [1.54, 1.807) is 0 Å². The molecule has 0 spiro atoms. The van der Waals surface area contributed by atoms with Crippen LogP contribution in [0.2, 0.25) is 0 Å². The summed E-state index contributed by atoms with van der Waals surface area (Å²) in [4.78, 5) is 15.9. The van der Waals surface area contributed by atoms with Crippen LogP contribution in [0.4, 0.5) is 0 Å².